The fourth-order valence-electron chi connectivity index (χ4n) is 9.64. The van der Waals surface area contributed by atoms with Crippen LogP contribution in [-0.4, -0.2) is 53.2 Å². The molecule has 4 aliphatic carbocycles. The van der Waals surface area contributed by atoms with Gasteiger partial charge in [0, 0.05) is 6.42 Å². The van der Waals surface area contributed by atoms with Gasteiger partial charge in [-0.25, -0.2) is 0 Å². The molecule has 0 radical (unpaired) electrons. The highest BCUT2D eigenvalue weighted by Crippen LogP contribution is 2.68. The lowest BCUT2D eigenvalue weighted by Gasteiger charge is -2.61. The molecule has 0 unspecified atom stereocenters. The molecule has 10 heteroatoms. The molecule has 0 aromatic heterocycles. The molecule has 0 amide bonds. The molecule has 4 saturated carbocycles. The number of nitrogens with zero attached hydrogens (tertiary/aromatic N) is 1. The van der Waals surface area contributed by atoms with Crippen LogP contribution in [-0.2, 0) is 19.6 Å². The molecule has 226 valence electrons. The molecule has 4 aliphatic rings. The summed E-state index contributed by atoms with van der Waals surface area (Å²) in [7, 11) is -4.91. The number of halogens is 2. The van der Waals surface area contributed by atoms with Gasteiger partial charge < -0.3 is 9.84 Å². The Morgan fingerprint density at radius 1 is 1.05 bits per heavy atom. The van der Waals surface area contributed by atoms with Crippen molar-refractivity contribution >= 4 is 16.1 Å². The Morgan fingerprint density at radius 2 is 1.67 bits per heavy atom. The van der Waals surface area contributed by atoms with E-state index in [4.69, 9.17) is 9.29 Å². The van der Waals surface area contributed by atoms with E-state index < -0.39 is 27.2 Å². The van der Waals surface area contributed by atoms with E-state index in [0.29, 0.717) is 29.6 Å². The predicted molar refractivity (Wildman–Crippen MR) is 144 cm³/mol. The van der Waals surface area contributed by atoms with E-state index >= 15 is 0 Å². The van der Waals surface area contributed by atoms with Crippen molar-refractivity contribution in [1.82, 2.24) is 4.90 Å². The Labute approximate surface area is 233 Å². The van der Waals surface area contributed by atoms with Crippen molar-refractivity contribution in [1.29, 1.82) is 0 Å². The van der Waals surface area contributed by atoms with Crippen LogP contribution in [0.1, 0.15) is 105 Å². The van der Waals surface area contributed by atoms with Crippen molar-refractivity contribution < 1.29 is 36.4 Å². The summed E-state index contributed by atoms with van der Waals surface area (Å²) in [5.41, 5.74) is -1.38. The maximum atomic E-state index is 14.1. The largest absolute Gasteiger partial charge is 0.444 e. The fourth-order valence-corrected chi connectivity index (χ4v) is 10.2. The Balaban J connectivity index is 1.36. The molecule has 7 nitrogen and oxygen atoms in total. The number of rotatable bonds is 8. The number of aliphatic hydroxyl groups is 1. The first kappa shape index (κ1) is 31.1. The number of carbonyl (C=O) groups excluding carboxylic acids is 1. The Hall–Kier alpha value is -0.840. The van der Waals surface area contributed by atoms with Gasteiger partial charge in [-0.15, -0.1) is 0 Å². The first-order chi connectivity index (χ1) is 17.8. The summed E-state index contributed by atoms with van der Waals surface area (Å²) < 4.78 is 64.7. The van der Waals surface area contributed by atoms with Crippen LogP contribution < -0.4 is 0 Å². The third-order valence-electron chi connectivity index (χ3n) is 12.1. The van der Waals surface area contributed by atoms with E-state index in [1.807, 2.05) is 0 Å². The van der Waals surface area contributed by atoms with E-state index in [9.17, 15) is 27.1 Å². The van der Waals surface area contributed by atoms with Crippen molar-refractivity contribution in [2.45, 2.75) is 122 Å². The Morgan fingerprint density at radius 3 is 2.31 bits per heavy atom. The lowest BCUT2D eigenvalue weighted by Crippen LogP contribution is -2.57. The normalized spacial score (nSPS) is 40.0. The van der Waals surface area contributed by atoms with Gasteiger partial charge in [0.05, 0.1) is 6.10 Å². The van der Waals surface area contributed by atoms with Gasteiger partial charge in [-0.1, -0.05) is 20.8 Å². The highest BCUT2D eigenvalue weighted by molar-refractivity contribution is 7.86. The lowest BCUT2D eigenvalue weighted by atomic mass is 9.44. The topological polar surface area (TPSA) is 104 Å². The van der Waals surface area contributed by atoms with E-state index in [0.717, 1.165) is 44.6 Å². The van der Waals surface area contributed by atoms with Crippen molar-refractivity contribution in [2.75, 3.05) is 7.05 Å². The highest BCUT2D eigenvalue weighted by atomic mass is 32.2. The quantitative estimate of drug-likeness (QED) is 0.156. The van der Waals surface area contributed by atoms with Gasteiger partial charge in [-0.2, -0.15) is 22.1 Å². The SMILES string of the molecule is C[C@H](CCC(=O)OC(C)(C)N(C)C(F)(F)S(=O)(=O)O)[C@H]1CC[C@H]2[C@@H]3CC[C@@H]4C[C@H](O)CC[C@]4(C)[C@H]3CC[C@]12C. The van der Waals surface area contributed by atoms with Crippen LogP contribution in [0.3, 0.4) is 0 Å². The van der Waals surface area contributed by atoms with Crippen molar-refractivity contribution in [3.63, 3.8) is 0 Å². The van der Waals surface area contributed by atoms with Gasteiger partial charge in [0.1, 0.15) is 0 Å². The molecule has 4 rings (SSSR count). The van der Waals surface area contributed by atoms with Crippen molar-refractivity contribution in [3.05, 3.63) is 0 Å². The minimum atomic E-state index is -5.71. The maximum Gasteiger partial charge on any atom is 0.434 e. The minimum Gasteiger partial charge on any atom is -0.444 e. The summed E-state index contributed by atoms with van der Waals surface area (Å²) in [5, 5.41) is 5.70. The Bertz CT molecular complexity index is 1040. The van der Waals surface area contributed by atoms with Crippen LogP contribution >= 0.6 is 0 Å². The van der Waals surface area contributed by atoms with E-state index in [-0.39, 0.29) is 28.8 Å². The average Bonchev–Trinajstić information content (AvgIpc) is 3.18. The summed E-state index contributed by atoms with van der Waals surface area (Å²) in [4.78, 5) is 12.7. The molecular formula is C29H49F2NO6S. The summed E-state index contributed by atoms with van der Waals surface area (Å²) in [5.74, 6) is 2.84. The number of hydrogen-bond acceptors (Lipinski definition) is 6. The molecule has 9 atom stereocenters. The number of aliphatic hydroxyl groups excluding tert-OH is 1. The monoisotopic (exact) mass is 577 g/mol. The van der Waals surface area contributed by atoms with Gasteiger partial charge in [0.15, 0.2) is 5.72 Å². The van der Waals surface area contributed by atoms with Crippen LogP contribution in [0.5, 0.6) is 0 Å². The van der Waals surface area contributed by atoms with Crippen molar-refractivity contribution in [3.8, 4) is 0 Å². The van der Waals surface area contributed by atoms with Crippen LogP contribution in [0, 0.1) is 46.3 Å². The number of esters is 1. The van der Waals surface area contributed by atoms with Crippen molar-refractivity contribution in [2.24, 2.45) is 46.3 Å². The molecule has 0 heterocycles. The van der Waals surface area contributed by atoms with Crippen LogP contribution in [0.4, 0.5) is 8.78 Å². The number of ether oxygens (including phenoxy) is 1. The lowest BCUT2D eigenvalue weighted by molar-refractivity contribution is -0.213. The Kier molecular flexibility index (Phi) is 8.34. The maximum absolute atomic E-state index is 14.1. The standard InChI is InChI=1S/C29H49F2NO6S/c1-18(7-12-25(34)38-26(2,3)32(6)29(30,31)39(35,36)37)22-10-11-23-21-9-8-19-17-20(33)13-15-27(19,4)24(21)14-16-28(22,23)5/h18-24,33H,7-17H2,1-6H3,(H,35,36,37)/t18-,19-,20-,21+,22-,23+,24+,27+,28-/m1/s1. The fraction of sp³-hybridized carbons (Fsp3) is 0.966. The third-order valence-corrected chi connectivity index (χ3v) is 13.0. The second-order valence-electron chi connectivity index (χ2n) is 14.3. The number of fused-ring (bicyclic) bond motifs is 5. The van der Waals surface area contributed by atoms with E-state index in [1.165, 1.54) is 46.0 Å². The third kappa shape index (κ3) is 5.41. The number of alkyl halides is 2. The van der Waals surface area contributed by atoms with E-state index in [1.54, 1.807) is 0 Å². The molecule has 0 aromatic rings. The minimum absolute atomic E-state index is 0.0555. The second kappa shape index (κ2) is 10.5. The molecule has 0 saturated heterocycles. The average molecular weight is 578 g/mol. The van der Waals surface area contributed by atoms with Gasteiger partial charge in [-0.05, 0) is 131 Å². The van der Waals surface area contributed by atoms with Gasteiger partial charge in [0.25, 0.3) is 0 Å². The smallest absolute Gasteiger partial charge is 0.434 e. The molecule has 0 aromatic carbocycles. The van der Waals surface area contributed by atoms with E-state index in [2.05, 4.69) is 20.8 Å². The number of carbonyl (C=O) groups is 1. The van der Waals surface area contributed by atoms with Crippen LogP contribution in [0.25, 0.3) is 0 Å². The van der Waals surface area contributed by atoms with Crippen LogP contribution in [0.2, 0.25) is 0 Å². The molecule has 2 N–H and O–H groups in total. The van der Waals surface area contributed by atoms with Gasteiger partial charge in [0.2, 0.25) is 0 Å². The molecule has 0 aliphatic heterocycles. The summed E-state index contributed by atoms with van der Waals surface area (Å²) >= 11 is 0. The van der Waals surface area contributed by atoms with Gasteiger partial charge in [-0.3, -0.25) is 9.35 Å². The zero-order chi connectivity index (χ0) is 29.2. The van der Waals surface area contributed by atoms with Gasteiger partial charge >= 0.3 is 21.5 Å². The molecule has 0 bridgehead atoms. The summed E-state index contributed by atoms with van der Waals surface area (Å²) in [6.45, 7) is 9.49. The zero-order valence-corrected chi connectivity index (χ0v) is 25.3. The molecule has 0 spiro atoms. The van der Waals surface area contributed by atoms with Crippen LogP contribution in [0.15, 0.2) is 0 Å². The first-order valence-electron chi connectivity index (χ1n) is 14.8. The summed E-state index contributed by atoms with van der Waals surface area (Å²) in [6, 6.07) is 0. The highest BCUT2D eigenvalue weighted by Gasteiger charge is 2.60. The number of hydrogen-bond donors (Lipinski definition) is 2. The summed E-state index contributed by atoms with van der Waals surface area (Å²) in [6.07, 6.45) is 10.7. The first-order valence-corrected chi connectivity index (χ1v) is 16.3. The molecule has 39 heavy (non-hydrogen) atoms. The molecule has 4 fully saturated rings. The zero-order valence-electron chi connectivity index (χ0n) is 24.5. The predicted octanol–water partition coefficient (Wildman–Crippen LogP) is 6.07. The second-order valence-corrected chi connectivity index (χ2v) is 15.7. The molecular weight excluding hydrogens is 528 g/mol.